The van der Waals surface area contributed by atoms with Gasteiger partial charge in [0.15, 0.2) is 0 Å². The van der Waals surface area contributed by atoms with Crippen molar-refractivity contribution in [3.05, 3.63) is 0 Å². The van der Waals surface area contributed by atoms with Crippen molar-refractivity contribution in [3.8, 4) is 0 Å². The predicted octanol–water partition coefficient (Wildman–Crippen LogP) is 0.0599. The third-order valence-electron chi connectivity index (χ3n) is 4.17. The second kappa shape index (κ2) is 26.5. The van der Waals surface area contributed by atoms with Gasteiger partial charge in [0.2, 0.25) is 11.8 Å². The molecule has 2 amide bonds. The monoisotopic (exact) mass is 592 g/mol. The first-order valence-corrected chi connectivity index (χ1v) is 12.9. The summed E-state index contributed by atoms with van der Waals surface area (Å²) in [5.41, 5.74) is 0. The number of amides is 2. The Bertz CT molecular complexity index is 501. The van der Waals surface area contributed by atoms with E-state index in [-0.39, 0.29) is 31.3 Å². The van der Waals surface area contributed by atoms with Crippen LogP contribution in [-0.2, 0) is 38.7 Å². The smallest absolute Gasteiger partial charge is 0.548 e. The fourth-order valence-electron chi connectivity index (χ4n) is 2.44. The molecule has 0 fully saturated rings. The summed E-state index contributed by atoms with van der Waals surface area (Å²) < 4.78 is 0. The van der Waals surface area contributed by atoms with Gasteiger partial charge < -0.3 is 30.4 Å². The van der Waals surface area contributed by atoms with Crippen molar-refractivity contribution >= 4 is 74.3 Å². The van der Waals surface area contributed by atoms with Crippen molar-refractivity contribution in [2.75, 3.05) is 24.6 Å². The van der Waals surface area contributed by atoms with E-state index in [0.29, 0.717) is 23.3 Å². The number of rotatable bonds is 18. The maximum Gasteiger partial charge on any atom is 2.00 e. The summed E-state index contributed by atoms with van der Waals surface area (Å²) in [4.78, 5) is 42.3. The zero-order valence-corrected chi connectivity index (χ0v) is 25.5. The molecule has 2 unspecified atom stereocenters. The molecular formula is C20H36N2O6S4Zn. The van der Waals surface area contributed by atoms with E-state index in [1.54, 1.807) is 0 Å². The number of carboxylic acid groups (broad SMARTS) is 2. The average Bonchev–Trinajstić information content (AvgIpc) is 2.72. The SMILES string of the molecule is O=C([O-])CNC(=O)CCCCC(S)CCS.O=C([O-])CNC(=O)CCCCC(S)CCS.[Zn+2]. The van der Waals surface area contributed by atoms with Crippen molar-refractivity contribution in [2.24, 2.45) is 0 Å². The van der Waals surface area contributed by atoms with Gasteiger partial charge in [-0.2, -0.15) is 50.5 Å². The van der Waals surface area contributed by atoms with Crippen LogP contribution in [0.5, 0.6) is 0 Å². The van der Waals surface area contributed by atoms with E-state index in [9.17, 15) is 29.4 Å². The number of aliphatic carboxylic acids is 2. The molecule has 2 atom stereocenters. The van der Waals surface area contributed by atoms with Crippen LogP contribution >= 0.6 is 50.5 Å². The fourth-order valence-corrected chi connectivity index (χ4v) is 4.09. The van der Waals surface area contributed by atoms with E-state index < -0.39 is 25.0 Å². The molecular weight excluding hydrogens is 558 g/mol. The Morgan fingerprint density at radius 1 is 0.636 bits per heavy atom. The normalized spacial score (nSPS) is 11.8. The molecule has 0 aliphatic rings. The van der Waals surface area contributed by atoms with Gasteiger partial charge in [-0.25, -0.2) is 0 Å². The van der Waals surface area contributed by atoms with E-state index in [1.165, 1.54) is 0 Å². The van der Waals surface area contributed by atoms with Crippen LogP contribution in [-0.4, -0.2) is 58.8 Å². The molecule has 13 heteroatoms. The summed E-state index contributed by atoms with van der Waals surface area (Å²) in [6.45, 7) is -0.818. The number of unbranched alkanes of at least 4 members (excludes halogenated alkanes) is 2. The van der Waals surface area contributed by atoms with Crippen molar-refractivity contribution in [1.82, 2.24) is 10.6 Å². The summed E-state index contributed by atoms with van der Waals surface area (Å²) >= 11 is 17.0. The molecule has 0 aliphatic heterocycles. The maximum atomic E-state index is 11.1. The first kappa shape index (κ1) is 37.5. The molecule has 0 saturated carbocycles. The minimum Gasteiger partial charge on any atom is -0.548 e. The average molecular weight is 594 g/mol. The molecule has 0 saturated heterocycles. The first-order chi connectivity index (χ1) is 15.1. The Morgan fingerprint density at radius 2 is 0.970 bits per heavy atom. The molecule has 0 spiro atoms. The second-order valence-electron chi connectivity index (χ2n) is 7.12. The quantitative estimate of drug-likeness (QED) is 0.0755. The zero-order chi connectivity index (χ0) is 24.8. The molecule has 33 heavy (non-hydrogen) atoms. The van der Waals surface area contributed by atoms with Gasteiger partial charge in [-0.1, -0.05) is 12.8 Å². The molecule has 0 aliphatic carbocycles. The van der Waals surface area contributed by atoms with Gasteiger partial charge in [-0.3, -0.25) is 9.59 Å². The van der Waals surface area contributed by atoms with Gasteiger partial charge in [-0.15, -0.1) is 0 Å². The van der Waals surface area contributed by atoms with Crippen LogP contribution in [0.3, 0.4) is 0 Å². The summed E-state index contributed by atoms with van der Waals surface area (Å²) in [6, 6.07) is 0. The summed E-state index contributed by atoms with van der Waals surface area (Å²) in [5, 5.41) is 25.3. The predicted molar refractivity (Wildman–Crippen MR) is 135 cm³/mol. The molecule has 0 radical (unpaired) electrons. The molecule has 188 valence electrons. The summed E-state index contributed by atoms with van der Waals surface area (Å²) in [5.74, 6) is -1.38. The van der Waals surface area contributed by atoms with Gasteiger partial charge in [0.1, 0.15) is 0 Å². The molecule has 0 heterocycles. The number of carbonyl (C=O) groups is 4. The van der Waals surface area contributed by atoms with Crippen molar-refractivity contribution in [3.63, 3.8) is 0 Å². The number of carboxylic acids is 2. The fraction of sp³-hybridized carbons (Fsp3) is 0.800. The number of carbonyl (C=O) groups excluding carboxylic acids is 4. The van der Waals surface area contributed by atoms with Crippen LogP contribution < -0.4 is 20.8 Å². The Kier molecular flexibility index (Phi) is 30.1. The van der Waals surface area contributed by atoms with Crippen molar-refractivity contribution in [1.29, 1.82) is 0 Å². The minimum atomic E-state index is -1.27. The standard InChI is InChI=1S/2C10H19NO3S2.Zn/c2*12-9(11-7-10(13)14)4-2-1-3-8(16)5-6-15;/h2*8,15-16H,1-7H2,(H,11,12)(H,13,14);/q;;+2/p-2. The Balaban J connectivity index is -0.000000529. The largest absolute Gasteiger partial charge is 2.00 e. The third-order valence-corrected chi connectivity index (χ3v) is 5.72. The van der Waals surface area contributed by atoms with Gasteiger partial charge in [0.05, 0.1) is 25.0 Å². The van der Waals surface area contributed by atoms with Gasteiger partial charge in [0, 0.05) is 23.3 Å². The molecule has 0 aromatic carbocycles. The molecule has 8 nitrogen and oxygen atoms in total. The number of hydrogen-bond acceptors (Lipinski definition) is 10. The molecule has 2 N–H and O–H groups in total. The first-order valence-electron chi connectivity index (χ1n) is 10.6. The number of nitrogens with one attached hydrogen (secondary N) is 2. The second-order valence-corrected chi connectivity index (χ2v) is 9.48. The zero-order valence-electron chi connectivity index (χ0n) is 19.0. The van der Waals surface area contributed by atoms with E-state index >= 15 is 0 Å². The van der Waals surface area contributed by atoms with Crippen LogP contribution in [0.25, 0.3) is 0 Å². The van der Waals surface area contributed by atoms with Gasteiger partial charge in [-0.05, 0) is 50.0 Å². The Hall–Kier alpha value is -0.0966. The molecule has 0 rings (SSSR count). The third kappa shape index (κ3) is 31.9. The van der Waals surface area contributed by atoms with Crippen LogP contribution in [0, 0.1) is 0 Å². The van der Waals surface area contributed by atoms with Gasteiger partial charge >= 0.3 is 19.5 Å². The van der Waals surface area contributed by atoms with E-state index in [1.807, 2.05) is 0 Å². The van der Waals surface area contributed by atoms with Crippen LogP contribution in [0.2, 0.25) is 0 Å². The van der Waals surface area contributed by atoms with Crippen LogP contribution in [0.4, 0.5) is 0 Å². The number of hydrogen-bond donors (Lipinski definition) is 6. The molecule has 0 aromatic heterocycles. The van der Waals surface area contributed by atoms with E-state index in [0.717, 1.165) is 62.9 Å². The molecule has 0 bridgehead atoms. The van der Waals surface area contributed by atoms with Crippen LogP contribution in [0.15, 0.2) is 0 Å². The van der Waals surface area contributed by atoms with Crippen LogP contribution in [0.1, 0.15) is 64.2 Å². The van der Waals surface area contributed by atoms with E-state index in [2.05, 4.69) is 61.1 Å². The van der Waals surface area contributed by atoms with Gasteiger partial charge in [0.25, 0.3) is 0 Å². The summed E-state index contributed by atoms with van der Waals surface area (Å²) in [7, 11) is 0. The summed E-state index contributed by atoms with van der Waals surface area (Å²) in [6.07, 6.45) is 7.89. The Labute approximate surface area is 232 Å². The van der Waals surface area contributed by atoms with Crippen molar-refractivity contribution in [2.45, 2.75) is 74.7 Å². The number of thiol groups is 4. The van der Waals surface area contributed by atoms with Crippen molar-refractivity contribution < 1.29 is 48.9 Å². The topological polar surface area (TPSA) is 138 Å². The van der Waals surface area contributed by atoms with E-state index in [4.69, 9.17) is 0 Å². The molecule has 0 aromatic rings. The minimum absolute atomic E-state index is 0. The maximum absolute atomic E-state index is 11.1. The Morgan fingerprint density at radius 3 is 1.24 bits per heavy atom.